The molecule has 128 valence electrons. The first-order valence-electron chi connectivity index (χ1n) is 7.93. The molecule has 0 spiro atoms. The van der Waals surface area contributed by atoms with E-state index in [1.807, 2.05) is 18.8 Å². The molecule has 0 saturated heterocycles. The standard InChI is InChI=1S/C16H31N5.HI/c1-7-8-9-10-18-16(17-4)20(5)11-14-12-21(6)19-15(14)13(2)3;/h12-13H,7-11H2,1-6H3,(H,17,18);1H. The average Bonchev–Trinajstić information content (AvgIpc) is 2.79. The Hall–Kier alpha value is -0.790. The number of halogens is 1. The maximum absolute atomic E-state index is 4.56. The molecular weight excluding hydrogens is 389 g/mol. The largest absolute Gasteiger partial charge is 0.356 e. The molecule has 0 atom stereocenters. The SMILES string of the molecule is CCCCCNC(=NC)N(C)Cc1cn(C)nc1C(C)C.I. The van der Waals surface area contributed by atoms with Crippen LogP contribution in [0.2, 0.25) is 0 Å². The molecule has 1 N–H and O–H groups in total. The van der Waals surface area contributed by atoms with E-state index in [9.17, 15) is 0 Å². The smallest absolute Gasteiger partial charge is 0.193 e. The van der Waals surface area contributed by atoms with E-state index >= 15 is 0 Å². The predicted octanol–water partition coefficient (Wildman–Crippen LogP) is 3.36. The summed E-state index contributed by atoms with van der Waals surface area (Å²) in [5.74, 6) is 1.39. The molecule has 1 heterocycles. The van der Waals surface area contributed by atoms with Crippen molar-refractivity contribution in [3.8, 4) is 0 Å². The number of unbranched alkanes of at least 4 members (excludes halogenated alkanes) is 2. The highest BCUT2D eigenvalue weighted by atomic mass is 127. The van der Waals surface area contributed by atoms with Crippen molar-refractivity contribution in [1.82, 2.24) is 20.0 Å². The zero-order valence-corrected chi connectivity index (χ0v) is 17.2. The lowest BCUT2D eigenvalue weighted by molar-refractivity contribution is 0.471. The van der Waals surface area contributed by atoms with Crippen LogP contribution < -0.4 is 5.32 Å². The molecule has 0 aliphatic heterocycles. The monoisotopic (exact) mass is 421 g/mol. The zero-order chi connectivity index (χ0) is 15.8. The fraction of sp³-hybridized carbons (Fsp3) is 0.750. The second-order valence-corrected chi connectivity index (χ2v) is 5.91. The van der Waals surface area contributed by atoms with Gasteiger partial charge < -0.3 is 10.2 Å². The van der Waals surface area contributed by atoms with Crippen molar-refractivity contribution in [2.75, 3.05) is 20.6 Å². The Morgan fingerprint density at radius 2 is 2.09 bits per heavy atom. The van der Waals surface area contributed by atoms with Crippen molar-refractivity contribution in [1.29, 1.82) is 0 Å². The van der Waals surface area contributed by atoms with Gasteiger partial charge in [0.2, 0.25) is 0 Å². The van der Waals surface area contributed by atoms with Gasteiger partial charge in [-0.1, -0.05) is 33.6 Å². The van der Waals surface area contributed by atoms with Gasteiger partial charge in [-0.3, -0.25) is 9.67 Å². The van der Waals surface area contributed by atoms with Crippen molar-refractivity contribution in [3.05, 3.63) is 17.5 Å². The number of nitrogens with one attached hydrogen (secondary N) is 1. The van der Waals surface area contributed by atoms with E-state index in [0.29, 0.717) is 5.92 Å². The normalized spacial score (nSPS) is 11.5. The van der Waals surface area contributed by atoms with Crippen molar-refractivity contribution >= 4 is 29.9 Å². The number of nitrogens with zero attached hydrogens (tertiary/aromatic N) is 4. The van der Waals surface area contributed by atoms with Gasteiger partial charge in [-0.25, -0.2) is 0 Å². The van der Waals surface area contributed by atoms with Crippen LogP contribution >= 0.6 is 24.0 Å². The van der Waals surface area contributed by atoms with E-state index in [2.05, 4.69) is 54.3 Å². The van der Waals surface area contributed by atoms with Crippen LogP contribution in [0.15, 0.2) is 11.2 Å². The van der Waals surface area contributed by atoms with Crippen molar-refractivity contribution in [2.45, 2.75) is 52.5 Å². The number of hydrogen-bond donors (Lipinski definition) is 1. The van der Waals surface area contributed by atoms with Gasteiger partial charge >= 0.3 is 0 Å². The minimum absolute atomic E-state index is 0. The third-order valence-corrected chi connectivity index (χ3v) is 3.53. The van der Waals surface area contributed by atoms with Crippen LogP contribution in [0.1, 0.15) is 57.2 Å². The van der Waals surface area contributed by atoms with Crippen LogP contribution in [0, 0.1) is 0 Å². The lowest BCUT2D eigenvalue weighted by Gasteiger charge is -2.22. The van der Waals surface area contributed by atoms with Gasteiger partial charge in [0, 0.05) is 46.0 Å². The summed E-state index contributed by atoms with van der Waals surface area (Å²) >= 11 is 0. The maximum Gasteiger partial charge on any atom is 0.193 e. The predicted molar refractivity (Wildman–Crippen MR) is 105 cm³/mol. The number of rotatable bonds is 7. The molecule has 0 aliphatic carbocycles. The second kappa shape index (κ2) is 10.9. The minimum Gasteiger partial charge on any atom is -0.356 e. The van der Waals surface area contributed by atoms with Gasteiger partial charge in [0.05, 0.1) is 5.69 Å². The van der Waals surface area contributed by atoms with Gasteiger partial charge in [0.25, 0.3) is 0 Å². The second-order valence-electron chi connectivity index (χ2n) is 5.91. The molecule has 0 amide bonds. The summed E-state index contributed by atoms with van der Waals surface area (Å²) in [5.41, 5.74) is 2.44. The van der Waals surface area contributed by atoms with Gasteiger partial charge in [-0.2, -0.15) is 5.10 Å². The molecule has 6 heteroatoms. The molecule has 0 aromatic carbocycles. The maximum atomic E-state index is 4.56. The number of guanidine groups is 1. The molecule has 1 aromatic heterocycles. The fourth-order valence-corrected chi connectivity index (χ4v) is 2.45. The first-order chi connectivity index (χ1) is 9.99. The van der Waals surface area contributed by atoms with E-state index in [1.165, 1.54) is 30.5 Å². The van der Waals surface area contributed by atoms with Gasteiger partial charge in [0.1, 0.15) is 0 Å². The van der Waals surface area contributed by atoms with Gasteiger partial charge in [-0.05, 0) is 12.3 Å². The summed E-state index contributed by atoms with van der Waals surface area (Å²) in [4.78, 5) is 6.53. The molecule has 0 saturated carbocycles. The Labute approximate surface area is 152 Å². The summed E-state index contributed by atoms with van der Waals surface area (Å²) < 4.78 is 1.90. The Balaban J connectivity index is 0.00000441. The van der Waals surface area contributed by atoms with Crippen LogP contribution in [0.4, 0.5) is 0 Å². The summed E-state index contributed by atoms with van der Waals surface area (Å²) in [6, 6.07) is 0. The van der Waals surface area contributed by atoms with E-state index in [4.69, 9.17) is 0 Å². The van der Waals surface area contributed by atoms with Gasteiger partial charge in [0.15, 0.2) is 5.96 Å². The van der Waals surface area contributed by atoms with Crippen LogP contribution in [-0.4, -0.2) is 41.3 Å². The molecule has 0 bridgehead atoms. The first-order valence-corrected chi connectivity index (χ1v) is 7.93. The Morgan fingerprint density at radius 3 is 2.64 bits per heavy atom. The fourth-order valence-electron chi connectivity index (χ4n) is 2.45. The Morgan fingerprint density at radius 1 is 1.41 bits per heavy atom. The number of aryl methyl sites for hydroxylation is 1. The minimum atomic E-state index is 0. The molecule has 0 fully saturated rings. The summed E-state index contributed by atoms with van der Waals surface area (Å²) in [5, 5.41) is 7.99. The average molecular weight is 421 g/mol. The Bertz CT molecular complexity index is 453. The quantitative estimate of drug-likeness (QED) is 0.318. The number of hydrogen-bond acceptors (Lipinski definition) is 2. The number of aromatic nitrogens is 2. The molecular formula is C16H32IN5. The van der Waals surface area contributed by atoms with E-state index in [1.54, 1.807) is 0 Å². The molecule has 0 aliphatic rings. The summed E-state index contributed by atoms with van der Waals surface area (Å²) in [7, 11) is 5.89. The van der Waals surface area contributed by atoms with Crippen molar-refractivity contribution in [2.24, 2.45) is 12.0 Å². The van der Waals surface area contributed by atoms with Crippen LogP contribution in [0.5, 0.6) is 0 Å². The molecule has 0 unspecified atom stereocenters. The lowest BCUT2D eigenvalue weighted by Crippen LogP contribution is -2.39. The highest BCUT2D eigenvalue weighted by Crippen LogP contribution is 2.18. The molecule has 0 radical (unpaired) electrons. The summed E-state index contributed by atoms with van der Waals surface area (Å²) in [6.45, 7) is 8.40. The molecule has 22 heavy (non-hydrogen) atoms. The topological polar surface area (TPSA) is 45.5 Å². The van der Waals surface area contributed by atoms with Crippen molar-refractivity contribution in [3.63, 3.8) is 0 Å². The third kappa shape index (κ3) is 6.54. The van der Waals surface area contributed by atoms with Crippen LogP contribution in [-0.2, 0) is 13.6 Å². The number of aliphatic imine (C=N–C) groups is 1. The van der Waals surface area contributed by atoms with E-state index < -0.39 is 0 Å². The van der Waals surface area contributed by atoms with E-state index in [-0.39, 0.29) is 24.0 Å². The lowest BCUT2D eigenvalue weighted by atomic mass is 10.1. The first kappa shape index (κ1) is 21.2. The highest BCUT2D eigenvalue weighted by Gasteiger charge is 2.14. The molecule has 1 rings (SSSR count). The summed E-state index contributed by atoms with van der Waals surface area (Å²) in [6.07, 6.45) is 5.79. The molecule has 5 nitrogen and oxygen atoms in total. The zero-order valence-electron chi connectivity index (χ0n) is 14.9. The van der Waals surface area contributed by atoms with Crippen LogP contribution in [0.25, 0.3) is 0 Å². The highest BCUT2D eigenvalue weighted by molar-refractivity contribution is 14.0. The van der Waals surface area contributed by atoms with E-state index in [0.717, 1.165) is 19.0 Å². The Kier molecular flexibility index (Phi) is 10.5. The molecule has 1 aromatic rings. The van der Waals surface area contributed by atoms with Crippen molar-refractivity contribution < 1.29 is 0 Å². The third-order valence-electron chi connectivity index (χ3n) is 3.53. The van der Waals surface area contributed by atoms with Gasteiger partial charge in [-0.15, -0.1) is 24.0 Å². The van der Waals surface area contributed by atoms with Crippen LogP contribution in [0.3, 0.4) is 0 Å².